The Morgan fingerprint density at radius 1 is 0.829 bits per heavy atom. The monoisotopic (exact) mass is 509 g/mol. The molecule has 0 aromatic heterocycles. The number of aliphatic carboxylic acids is 1. The van der Waals surface area contributed by atoms with E-state index in [-0.39, 0.29) is 25.4 Å². The molecule has 0 saturated heterocycles. The van der Waals surface area contributed by atoms with Crippen molar-refractivity contribution in [2.24, 2.45) is 5.73 Å². The van der Waals surface area contributed by atoms with Crippen molar-refractivity contribution in [1.29, 1.82) is 0 Å². The molecule has 212 valence electrons. The molecule has 0 heterocycles. The molecule has 10 heteroatoms. The van der Waals surface area contributed by atoms with E-state index in [4.69, 9.17) is 14.6 Å². The summed E-state index contributed by atoms with van der Waals surface area (Å²) in [5.41, 5.74) is 4.50. The highest BCUT2D eigenvalue weighted by Crippen LogP contribution is 2.01. The average molecular weight is 510 g/mol. The van der Waals surface area contributed by atoms with Gasteiger partial charge >= 0.3 is 5.97 Å². The van der Waals surface area contributed by atoms with Gasteiger partial charge in [-0.3, -0.25) is 14.4 Å². The molecule has 1 amide bonds. The fourth-order valence-electron chi connectivity index (χ4n) is 2.08. The molecule has 0 atom stereocenters. The van der Waals surface area contributed by atoms with Crippen molar-refractivity contribution in [3.8, 4) is 0 Å². The number of amides is 1. The van der Waals surface area contributed by atoms with Crippen LogP contribution in [0.4, 0.5) is 0 Å². The SMILES string of the molecule is CC.CC.CCC(=O)CCCCCNC.CN.O=CCOCCOCCNC(=O)CCCC(=O)O. The van der Waals surface area contributed by atoms with Crippen molar-refractivity contribution >= 4 is 23.9 Å². The molecule has 0 bridgehead atoms. The third kappa shape index (κ3) is 54.5. The van der Waals surface area contributed by atoms with Gasteiger partial charge in [-0.15, -0.1) is 0 Å². The van der Waals surface area contributed by atoms with Gasteiger partial charge in [0.15, 0.2) is 0 Å². The van der Waals surface area contributed by atoms with E-state index in [1.165, 1.54) is 19.9 Å². The lowest BCUT2D eigenvalue weighted by atomic mass is 10.1. The predicted molar refractivity (Wildman–Crippen MR) is 143 cm³/mol. The lowest BCUT2D eigenvalue weighted by molar-refractivity contribution is -0.137. The number of Topliss-reactive ketones (excluding diaryl/α,β-unsaturated/α-hetero) is 1. The number of nitrogens with one attached hydrogen (secondary N) is 2. The first kappa shape index (κ1) is 43.2. The number of aldehydes is 1. The van der Waals surface area contributed by atoms with E-state index in [0.717, 1.165) is 19.4 Å². The molecule has 0 aliphatic rings. The van der Waals surface area contributed by atoms with E-state index >= 15 is 0 Å². The molecule has 0 aliphatic carbocycles. The molecule has 35 heavy (non-hydrogen) atoms. The van der Waals surface area contributed by atoms with Crippen LogP contribution in [0.1, 0.15) is 86.0 Å². The summed E-state index contributed by atoms with van der Waals surface area (Å²) < 4.78 is 9.97. The van der Waals surface area contributed by atoms with Gasteiger partial charge < -0.3 is 35.7 Å². The first-order valence-corrected chi connectivity index (χ1v) is 12.8. The Bertz CT molecular complexity index is 437. The van der Waals surface area contributed by atoms with Crippen LogP contribution in [0.5, 0.6) is 0 Å². The Hall–Kier alpha value is -1.88. The normalized spacial score (nSPS) is 8.80. The number of rotatable bonds is 19. The summed E-state index contributed by atoms with van der Waals surface area (Å²) in [6.45, 7) is 12.5. The van der Waals surface area contributed by atoms with Crippen LogP contribution in [0.25, 0.3) is 0 Å². The largest absolute Gasteiger partial charge is 0.481 e. The van der Waals surface area contributed by atoms with Gasteiger partial charge in [-0.2, -0.15) is 0 Å². The van der Waals surface area contributed by atoms with E-state index in [1.807, 2.05) is 41.7 Å². The molecule has 5 N–H and O–H groups in total. The minimum atomic E-state index is -0.901. The van der Waals surface area contributed by atoms with Gasteiger partial charge in [0.2, 0.25) is 5.91 Å². The van der Waals surface area contributed by atoms with Crippen LogP contribution < -0.4 is 16.4 Å². The molecule has 0 saturated carbocycles. The van der Waals surface area contributed by atoms with Crippen molar-refractivity contribution < 1.29 is 33.8 Å². The summed E-state index contributed by atoms with van der Waals surface area (Å²) in [6.07, 6.45) is 6.10. The number of carbonyl (C=O) groups excluding carboxylic acids is 3. The lowest BCUT2D eigenvalue weighted by Gasteiger charge is -2.06. The molecule has 0 aromatic carbocycles. The van der Waals surface area contributed by atoms with Crippen LogP contribution in [-0.4, -0.2) is 82.7 Å². The molecule has 0 unspecified atom stereocenters. The highest BCUT2D eigenvalue weighted by Gasteiger charge is 2.03. The number of hydrogen-bond donors (Lipinski definition) is 4. The molecule has 0 rings (SSSR count). The van der Waals surface area contributed by atoms with Gasteiger partial charge in [0.25, 0.3) is 0 Å². The van der Waals surface area contributed by atoms with E-state index in [2.05, 4.69) is 16.4 Å². The van der Waals surface area contributed by atoms with E-state index in [0.29, 0.717) is 51.3 Å². The van der Waals surface area contributed by atoms with E-state index in [9.17, 15) is 19.2 Å². The van der Waals surface area contributed by atoms with Gasteiger partial charge in [-0.05, 0) is 39.9 Å². The Balaban J connectivity index is -0.000000151. The molecule has 0 radical (unpaired) electrons. The van der Waals surface area contributed by atoms with Gasteiger partial charge in [0, 0.05) is 32.2 Å². The van der Waals surface area contributed by atoms with Crippen LogP contribution in [0, 0.1) is 0 Å². The predicted octanol–water partition coefficient (Wildman–Crippen LogP) is 2.96. The minimum absolute atomic E-state index is 0.00199. The minimum Gasteiger partial charge on any atom is -0.481 e. The zero-order chi connectivity index (χ0) is 28.2. The van der Waals surface area contributed by atoms with Crippen molar-refractivity contribution in [2.75, 3.05) is 53.6 Å². The fourth-order valence-corrected chi connectivity index (χ4v) is 2.08. The number of nitrogens with two attached hydrogens (primary N) is 1. The van der Waals surface area contributed by atoms with Crippen molar-refractivity contribution in [3.05, 3.63) is 0 Å². The molecule has 0 fully saturated rings. The molecule has 0 spiro atoms. The Labute approximate surface area is 214 Å². The zero-order valence-electron chi connectivity index (χ0n) is 23.5. The van der Waals surface area contributed by atoms with Crippen molar-refractivity contribution in [1.82, 2.24) is 10.6 Å². The van der Waals surface area contributed by atoms with E-state index < -0.39 is 5.97 Å². The van der Waals surface area contributed by atoms with Crippen LogP contribution in [0.15, 0.2) is 0 Å². The van der Waals surface area contributed by atoms with Crippen LogP contribution >= 0.6 is 0 Å². The van der Waals surface area contributed by atoms with Crippen molar-refractivity contribution in [2.45, 2.75) is 86.0 Å². The van der Waals surface area contributed by atoms with Crippen LogP contribution in [0.2, 0.25) is 0 Å². The molecule has 0 aromatic rings. The van der Waals surface area contributed by atoms with E-state index in [1.54, 1.807) is 0 Å². The summed E-state index contributed by atoms with van der Waals surface area (Å²) in [5.74, 6) is -0.687. The maximum atomic E-state index is 11.2. The molecule has 10 nitrogen and oxygen atoms in total. The lowest BCUT2D eigenvalue weighted by Crippen LogP contribution is -2.27. The van der Waals surface area contributed by atoms with Crippen LogP contribution in [-0.2, 0) is 28.7 Å². The zero-order valence-corrected chi connectivity index (χ0v) is 23.5. The Morgan fingerprint density at radius 3 is 1.94 bits per heavy atom. The second-order valence-electron chi connectivity index (χ2n) is 6.26. The van der Waals surface area contributed by atoms with Crippen LogP contribution in [0.3, 0.4) is 0 Å². The number of carbonyl (C=O) groups is 4. The maximum absolute atomic E-state index is 11.2. The summed E-state index contributed by atoms with van der Waals surface area (Å²) in [4.78, 5) is 42.1. The average Bonchev–Trinajstić information content (AvgIpc) is 2.89. The first-order chi connectivity index (χ1) is 17.0. The summed E-state index contributed by atoms with van der Waals surface area (Å²) >= 11 is 0. The number of unbranched alkanes of at least 4 members (excludes halogenated alkanes) is 2. The van der Waals surface area contributed by atoms with Crippen molar-refractivity contribution in [3.63, 3.8) is 0 Å². The Kier molecular flexibility index (Phi) is 56.3. The smallest absolute Gasteiger partial charge is 0.303 e. The summed E-state index contributed by atoms with van der Waals surface area (Å²) in [6, 6.07) is 0. The first-order valence-electron chi connectivity index (χ1n) is 12.8. The quantitative estimate of drug-likeness (QED) is 0.152. The highest BCUT2D eigenvalue weighted by molar-refractivity contribution is 5.78. The third-order valence-corrected chi connectivity index (χ3v) is 3.70. The second kappa shape index (κ2) is 45.6. The maximum Gasteiger partial charge on any atom is 0.303 e. The number of hydrogen-bond acceptors (Lipinski definition) is 8. The topological polar surface area (TPSA) is 157 Å². The molecule has 0 aliphatic heterocycles. The third-order valence-electron chi connectivity index (χ3n) is 3.70. The number of ether oxygens (including phenoxy) is 2. The van der Waals surface area contributed by atoms with Gasteiger partial charge in [-0.1, -0.05) is 41.0 Å². The number of carboxylic acids is 1. The summed E-state index contributed by atoms with van der Waals surface area (Å²) in [7, 11) is 3.46. The number of carboxylic acid groups (broad SMARTS) is 1. The van der Waals surface area contributed by atoms with Gasteiger partial charge in [-0.25, -0.2) is 0 Å². The molecular weight excluding hydrogens is 454 g/mol. The fraction of sp³-hybridized carbons (Fsp3) is 0.840. The number of ketones is 1. The molecular formula is C25H55N3O7. The standard InChI is InChI=1S/C11H19NO6.C9H19NO.2C2H6.CH5N/c13-5-7-18-9-8-17-6-4-12-10(14)2-1-3-11(15)16;1-3-9(11)7-5-4-6-8-10-2;3*1-2/h5H,1-4,6-9H2,(H,12,14)(H,15,16);10H,3-8H2,1-2H3;2*1-2H3;2H2,1H3. The second-order valence-corrected chi connectivity index (χ2v) is 6.26. The highest BCUT2D eigenvalue weighted by atomic mass is 16.5. The summed E-state index contributed by atoms with van der Waals surface area (Å²) in [5, 5.41) is 14.1. The van der Waals surface area contributed by atoms with Gasteiger partial charge in [0.05, 0.1) is 19.8 Å². The van der Waals surface area contributed by atoms with Gasteiger partial charge in [0.1, 0.15) is 18.7 Å². The Morgan fingerprint density at radius 2 is 1.43 bits per heavy atom.